The molecule has 0 radical (unpaired) electrons. The van der Waals surface area contributed by atoms with Crippen molar-refractivity contribution in [2.24, 2.45) is 0 Å². The first-order valence-electron chi connectivity index (χ1n) is 8.05. The maximum Gasteiger partial charge on any atom is 0.410 e. The number of likely N-dealkylation sites (tertiary alicyclic amines) is 1. The Labute approximate surface area is 155 Å². The third-order valence-corrected chi connectivity index (χ3v) is 5.38. The number of rotatable bonds is 1. The van der Waals surface area contributed by atoms with Crippen LogP contribution in [0.2, 0.25) is 5.02 Å². The largest absolute Gasteiger partial charge is 0.444 e. The van der Waals surface area contributed by atoms with Gasteiger partial charge in [-0.2, -0.15) is 0 Å². The Balaban J connectivity index is 1.71. The topological polar surface area (TPSA) is 47.4 Å². The van der Waals surface area contributed by atoms with E-state index < -0.39 is 5.60 Å². The number of aromatic nitrogens is 2. The maximum absolute atomic E-state index is 12.2. The molecular weight excluding hydrogens is 394 g/mol. The number of fused-ring (bicyclic) bond motifs is 1. The van der Waals surface area contributed by atoms with Gasteiger partial charge in [0.15, 0.2) is 0 Å². The molecule has 0 aromatic carbocycles. The fourth-order valence-electron chi connectivity index (χ4n) is 3.00. The lowest BCUT2D eigenvalue weighted by atomic mass is 10.1. The van der Waals surface area contributed by atoms with Crippen molar-refractivity contribution in [3.8, 4) is 0 Å². The summed E-state index contributed by atoms with van der Waals surface area (Å²) in [6, 6.07) is 2.31. The lowest BCUT2D eigenvalue weighted by molar-refractivity contribution is 0.0189. The molecule has 0 N–H and O–H groups in total. The molecule has 1 fully saturated rings. The van der Waals surface area contributed by atoms with Gasteiger partial charge in [0, 0.05) is 36.9 Å². The fraction of sp³-hybridized carbons (Fsp3) is 0.529. The Hall–Kier alpha value is -1.27. The molecular formula is C17H21BrClN3O2. The van der Waals surface area contributed by atoms with E-state index in [4.69, 9.17) is 16.3 Å². The summed E-state index contributed by atoms with van der Waals surface area (Å²) in [5.41, 5.74) is 0.428. The summed E-state index contributed by atoms with van der Waals surface area (Å²) in [4.78, 5) is 18.5. The molecule has 0 aliphatic carbocycles. The highest BCUT2D eigenvalue weighted by Crippen LogP contribution is 2.33. The van der Waals surface area contributed by atoms with Crippen molar-refractivity contribution in [1.29, 1.82) is 0 Å². The number of nitrogens with zero attached hydrogens (tertiary/aromatic N) is 3. The van der Waals surface area contributed by atoms with E-state index in [1.165, 1.54) is 0 Å². The van der Waals surface area contributed by atoms with Gasteiger partial charge in [0.25, 0.3) is 0 Å². The molecule has 1 aliphatic rings. The fourth-order valence-corrected chi connectivity index (χ4v) is 3.51. The van der Waals surface area contributed by atoms with Crippen LogP contribution in [0.4, 0.5) is 4.79 Å². The summed E-state index contributed by atoms with van der Waals surface area (Å²) in [5.74, 6) is 0. The molecule has 1 aliphatic heterocycles. The first-order valence-corrected chi connectivity index (χ1v) is 9.22. The third kappa shape index (κ3) is 3.54. The van der Waals surface area contributed by atoms with E-state index in [1.807, 2.05) is 33.0 Å². The second-order valence-corrected chi connectivity index (χ2v) is 8.31. The predicted octanol–water partition coefficient (Wildman–Crippen LogP) is 5.02. The van der Waals surface area contributed by atoms with E-state index in [-0.39, 0.29) is 6.09 Å². The Bertz CT molecular complexity index is 761. The van der Waals surface area contributed by atoms with Gasteiger partial charge in [0.05, 0.1) is 9.50 Å². The van der Waals surface area contributed by atoms with E-state index in [2.05, 4.69) is 25.5 Å². The Morgan fingerprint density at radius 1 is 1.38 bits per heavy atom. The minimum absolute atomic E-state index is 0.233. The molecule has 7 heteroatoms. The van der Waals surface area contributed by atoms with Crippen LogP contribution in [0.15, 0.2) is 22.9 Å². The van der Waals surface area contributed by atoms with E-state index in [1.54, 1.807) is 11.1 Å². The number of carbonyl (C=O) groups is 1. The van der Waals surface area contributed by atoms with E-state index >= 15 is 0 Å². The number of pyridine rings is 1. The molecule has 0 unspecified atom stereocenters. The molecule has 2 aromatic rings. The van der Waals surface area contributed by atoms with Gasteiger partial charge in [-0.1, -0.05) is 11.6 Å². The van der Waals surface area contributed by atoms with Gasteiger partial charge in [-0.05, 0) is 55.6 Å². The summed E-state index contributed by atoms with van der Waals surface area (Å²) in [6.07, 6.45) is 5.28. The van der Waals surface area contributed by atoms with Crippen LogP contribution in [0.5, 0.6) is 0 Å². The summed E-state index contributed by atoms with van der Waals surface area (Å²) in [5, 5.41) is 1.63. The SMILES string of the molecule is CC(C)(C)OC(=O)N1CCC(n2ccc3c(Cl)c(Br)cnc32)CC1. The number of hydrogen-bond donors (Lipinski definition) is 0. The van der Waals surface area contributed by atoms with Crippen molar-refractivity contribution in [2.75, 3.05) is 13.1 Å². The smallest absolute Gasteiger partial charge is 0.410 e. The molecule has 3 rings (SSSR count). The van der Waals surface area contributed by atoms with Crippen LogP contribution >= 0.6 is 27.5 Å². The first kappa shape index (κ1) is 17.5. The van der Waals surface area contributed by atoms with Crippen LogP contribution in [0.3, 0.4) is 0 Å². The second kappa shape index (κ2) is 6.56. The average molecular weight is 415 g/mol. The number of carbonyl (C=O) groups excluding carboxylic acids is 1. The summed E-state index contributed by atoms with van der Waals surface area (Å²) < 4.78 is 8.41. The van der Waals surface area contributed by atoms with E-state index in [0.29, 0.717) is 24.2 Å². The van der Waals surface area contributed by atoms with E-state index in [0.717, 1.165) is 28.3 Å². The molecule has 2 aromatic heterocycles. The standard InChI is InChI=1S/C17H21BrClN3O2/c1-17(2,3)24-16(23)21-7-4-11(5-8-21)22-9-6-12-14(19)13(18)10-20-15(12)22/h6,9-11H,4-5,7-8H2,1-3H3. The molecule has 3 heterocycles. The van der Waals surface area contributed by atoms with Crippen LogP contribution in [-0.4, -0.2) is 39.2 Å². The molecule has 0 spiro atoms. The van der Waals surface area contributed by atoms with Gasteiger partial charge >= 0.3 is 6.09 Å². The number of hydrogen-bond acceptors (Lipinski definition) is 3. The average Bonchev–Trinajstić information content (AvgIpc) is 2.94. The van der Waals surface area contributed by atoms with Gasteiger partial charge in [0.2, 0.25) is 0 Å². The van der Waals surface area contributed by atoms with Crippen molar-refractivity contribution >= 4 is 44.7 Å². The van der Waals surface area contributed by atoms with Crippen LogP contribution in [0, 0.1) is 0 Å². The monoisotopic (exact) mass is 413 g/mol. The first-order chi connectivity index (χ1) is 11.3. The minimum atomic E-state index is -0.460. The highest BCUT2D eigenvalue weighted by Gasteiger charge is 2.28. The van der Waals surface area contributed by atoms with Gasteiger partial charge in [-0.15, -0.1) is 0 Å². The number of ether oxygens (including phenoxy) is 1. The number of amides is 1. The zero-order chi connectivity index (χ0) is 17.5. The summed E-state index contributed by atoms with van der Waals surface area (Å²) in [7, 11) is 0. The van der Waals surface area contributed by atoms with Gasteiger partial charge in [-0.3, -0.25) is 0 Å². The van der Waals surface area contributed by atoms with Crippen LogP contribution in [-0.2, 0) is 4.74 Å². The molecule has 24 heavy (non-hydrogen) atoms. The van der Waals surface area contributed by atoms with Crippen molar-refractivity contribution in [1.82, 2.24) is 14.5 Å². The Morgan fingerprint density at radius 2 is 2.04 bits per heavy atom. The van der Waals surface area contributed by atoms with Crippen molar-refractivity contribution in [3.63, 3.8) is 0 Å². The third-order valence-electron chi connectivity index (χ3n) is 4.14. The Kier molecular flexibility index (Phi) is 4.80. The quantitative estimate of drug-likeness (QED) is 0.658. The zero-order valence-corrected chi connectivity index (χ0v) is 16.4. The van der Waals surface area contributed by atoms with Gasteiger partial charge in [-0.25, -0.2) is 9.78 Å². The number of halogens is 2. The van der Waals surface area contributed by atoms with Crippen LogP contribution in [0.25, 0.3) is 11.0 Å². The molecule has 1 saturated heterocycles. The number of piperidine rings is 1. The highest BCUT2D eigenvalue weighted by molar-refractivity contribution is 9.10. The molecule has 130 valence electrons. The lowest BCUT2D eigenvalue weighted by Crippen LogP contribution is -2.42. The van der Waals surface area contributed by atoms with Crippen LogP contribution in [0.1, 0.15) is 39.7 Å². The minimum Gasteiger partial charge on any atom is -0.444 e. The summed E-state index contributed by atoms with van der Waals surface area (Å²) >= 11 is 9.74. The zero-order valence-electron chi connectivity index (χ0n) is 14.1. The second-order valence-electron chi connectivity index (χ2n) is 7.08. The molecule has 1 amide bonds. The Morgan fingerprint density at radius 3 is 2.67 bits per heavy atom. The van der Waals surface area contributed by atoms with Crippen molar-refractivity contribution in [2.45, 2.75) is 45.3 Å². The van der Waals surface area contributed by atoms with Crippen molar-refractivity contribution < 1.29 is 9.53 Å². The molecule has 0 saturated carbocycles. The molecule has 0 bridgehead atoms. The van der Waals surface area contributed by atoms with Gasteiger partial charge in [0.1, 0.15) is 11.2 Å². The normalized spacial score (nSPS) is 16.6. The maximum atomic E-state index is 12.2. The molecule has 0 atom stereocenters. The molecule has 5 nitrogen and oxygen atoms in total. The van der Waals surface area contributed by atoms with Crippen molar-refractivity contribution in [3.05, 3.63) is 28.0 Å². The van der Waals surface area contributed by atoms with Crippen LogP contribution < -0.4 is 0 Å². The van der Waals surface area contributed by atoms with E-state index in [9.17, 15) is 4.79 Å². The highest BCUT2D eigenvalue weighted by atomic mass is 79.9. The lowest BCUT2D eigenvalue weighted by Gasteiger charge is -2.34. The summed E-state index contributed by atoms with van der Waals surface area (Å²) in [6.45, 7) is 7.03. The van der Waals surface area contributed by atoms with Gasteiger partial charge < -0.3 is 14.2 Å². The predicted molar refractivity (Wildman–Crippen MR) is 98.5 cm³/mol.